The van der Waals surface area contributed by atoms with Gasteiger partial charge in [-0.2, -0.15) is 0 Å². The molecule has 10 heteroatoms. The van der Waals surface area contributed by atoms with Crippen LogP contribution in [0, 0.1) is 4.91 Å². The Labute approximate surface area is 134 Å². The van der Waals surface area contributed by atoms with Gasteiger partial charge in [0.05, 0.1) is 7.11 Å². The zero-order valence-corrected chi connectivity index (χ0v) is 16.1. The standard InChI is InChI=1S/C8H11NO6.I3/c1-4(15-5(2)10)7(11)6(9-13)8(12)14-3;1-3-2/h4,11H,1-3H3;/q;-1. The number of hydrogen-bond acceptors (Lipinski definition) is 7. The second-order valence-corrected chi connectivity index (χ2v) is 18.9. The Morgan fingerprint density at radius 3 is 2.11 bits per heavy atom. The van der Waals surface area contributed by atoms with E-state index in [0.717, 1.165) is 14.0 Å². The van der Waals surface area contributed by atoms with Crippen LogP contribution in [-0.2, 0) is 19.1 Å². The molecule has 0 radical (unpaired) electrons. The van der Waals surface area contributed by atoms with Crippen LogP contribution in [0.2, 0.25) is 0 Å². The van der Waals surface area contributed by atoms with Gasteiger partial charge >= 0.3 is 62.4 Å². The fraction of sp³-hybridized carbons (Fsp3) is 0.500. The van der Waals surface area contributed by atoms with Crippen LogP contribution >= 0.6 is 37.2 Å². The molecule has 0 saturated carbocycles. The summed E-state index contributed by atoms with van der Waals surface area (Å²) in [6.45, 7) is 2.40. The average molecular weight is 598 g/mol. The predicted octanol–water partition coefficient (Wildman–Crippen LogP) is -0.578. The molecule has 0 aliphatic heterocycles. The van der Waals surface area contributed by atoms with Gasteiger partial charge in [0.15, 0.2) is 11.9 Å². The van der Waals surface area contributed by atoms with Gasteiger partial charge in [-0.25, -0.2) is 4.79 Å². The minimum absolute atomic E-state index is 0.530. The van der Waals surface area contributed by atoms with Crippen LogP contribution in [0.15, 0.2) is 16.6 Å². The summed E-state index contributed by atoms with van der Waals surface area (Å²) < 4.78 is 8.72. The van der Waals surface area contributed by atoms with Crippen molar-refractivity contribution in [2.24, 2.45) is 5.18 Å². The van der Waals surface area contributed by atoms with Gasteiger partial charge in [0, 0.05) is 6.92 Å². The molecule has 0 saturated heterocycles. The molecule has 0 aliphatic rings. The fourth-order valence-corrected chi connectivity index (χ4v) is 0.783. The summed E-state index contributed by atoms with van der Waals surface area (Å²) in [6.07, 6.45) is -1.13. The zero-order valence-electron chi connectivity index (χ0n) is 9.65. The molecule has 0 aromatic carbocycles. The molecule has 0 spiro atoms. The third-order valence-electron chi connectivity index (χ3n) is 1.44. The number of ether oxygens (including phenoxy) is 2. The Morgan fingerprint density at radius 2 is 1.83 bits per heavy atom. The molecule has 1 N–H and O–H groups in total. The van der Waals surface area contributed by atoms with Gasteiger partial charge in [0.25, 0.3) is 0 Å². The number of aliphatic hydroxyl groups is 1. The first kappa shape index (κ1) is 20.6. The minimum atomic E-state index is -1.13. The van der Waals surface area contributed by atoms with Crippen molar-refractivity contribution in [3.05, 3.63) is 16.4 Å². The number of carbonyl (C=O) groups is 2. The molecule has 0 heterocycles. The van der Waals surface area contributed by atoms with Crippen molar-refractivity contribution in [3.8, 4) is 0 Å². The van der Waals surface area contributed by atoms with Crippen LogP contribution < -0.4 is 13.3 Å². The van der Waals surface area contributed by atoms with Gasteiger partial charge < -0.3 is 14.6 Å². The molecule has 18 heavy (non-hydrogen) atoms. The van der Waals surface area contributed by atoms with Crippen molar-refractivity contribution in [1.29, 1.82) is 0 Å². The number of aliphatic hydroxyl groups excluding tert-OH is 1. The van der Waals surface area contributed by atoms with Gasteiger partial charge in [-0.1, -0.05) is 0 Å². The Bertz CT molecular complexity index is 333. The number of methoxy groups -OCH3 is 1. The van der Waals surface area contributed by atoms with E-state index < -0.39 is 29.5 Å². The molecular formula is C8H11I3NO6-. The molecule has 1 unspecified atom stereocenters. The summed E-state index contributed by atoms with van der Waals surface area (Å²) in [5.74, 6) is -2.50. The number of hydrogen-bond donors (Lipinski definition) is 1. The zero-order chi connectivity index (χ0) is 14.7. The number of nitrogens with zero attached hydrogens (tertiary/aromatic N) is 1. The van der Waals surface area contributed by atoms with Crippen molar-refractivity contribution in [2.45, 2.75) is 20.0 Å². The number of halogens is 3. The number of carbonyl (C=O) groups excluding carboxylic acids is 2. The molecule has 0 fully saturated rings. The summed E-state index contributed by atoms with van der Waals surface area (Å²) in [7, 11) is 1.03. The molecule has 0 bridgehead atoms. The molecule has 0 rings (SSSR count). The summed E-state index contributed by atoms with van der Waals surface area (Å²) in [5.41, 5.74) is -0.814. The van der Waals surface area contributed by atoms with Crippen molar-refractivity contribution in [2.75, 3.05) is 7.11 Å². The molecule has 0 aromatic rings. The van der Waals surface area contributed by atoms with E-state index in [2.05, 4.69) is 51.9 Å². The molecule has 0 aliphatic carbocycles. The van der Waals surface area contributed by atoms with Crippen molar-refractivity contribution in [1.82, 2.24) is 0 Å². The number of nitroso groups, excluding NO2 is 1. The first-order valence-corrected chi connectivity index (χ1v) is 16.8. The Balaban J connectivity index is 0. The van der Waals surface area contributed by atoms with Crippen molar-refractivity contribution in [3.63, 3.8) is 0 Å². The van der Waals surface area contributed by atoms with E-state index in [4.69, 9.17) is 0 Å². The fourth-order valence-electron chi connectivity index (χ4n) is 0.783. The van der Waals surface area contributed by atoms with Crippen LogP contribution in [0.3, 0.4) is 0 Å². The van der Waals surface area contributed by atoms with Crippen molar-refractivity contribution >= 4 is 49.2 Å². The van der Waals surface area contributed by atoms with E-state index in [1.54, 1.807) is 0 Å². The van der Waals surface area contributed by atoms with Crippen LogP contribution in [0.25, 0.3) is 0 Å². The molecular weight excluding hydrogens is 587 g/mol. The van der Waals surface area contributed by atoms with E-state index in [1.165, 1.54) is 6.92 Å². The van der Waals surface area contributed by atoms with Gasteiger partial charge in [-0.3, -0.25) is 4.79 Å². The van der Waals surface area contributed by atoms with Gasteiger partial charge in [-0.15, -0.1) is 4.91 Å². The summed E-state index contributed by atoms with van der Waals surface area (Å²) in [6, 6.07) is 0. The quantitative estimate of drug-likeness (QED) is 0.153. The van der Waals surface area contributed by atoms with E-state index in [9.17, 15) is 19.6 Å². The van der Waals surface area contributed by atoms with Gasteiger partial charge in [0.2, 0.25) is 5.70 Å². The molecule has 7 nitrogen and oxygen atoms in total. The van der Waals surface area contributed by atoms with Crippen LogP contribution in [0.1, 0.15) is 13.8 Å². The SMILES string of the molecule is COC(=O)C(N=O)=C(O)C(C)OC(C)=O.I[I-]I. The van der Waals surface area contributed by atoms with Crippen LogP contribution in [-0.4, -0.2) is 30.3 Å². The maximum atomic E-state index is 10.9. The molecule has 0 amide bonds. The Hall–Kier alpha value is 0.270. The van der Waals surface area contributed by atoms with Crippen LogP contribution in [0.4, 0.5) is 0 Å². The first-order chi connectivity index (χ1) is 8.35. The van der Waals surface area contributed by atoms with Crippen LogP contribution in [0.5, 0.6) is 0 Å². The number of esters is 2. The average Bonchev–Trinajstić information content (AvgIpc) is 2.29. The van der Waals surface area contributed by atoms with Gasteiger partial charge in [0.1, 0.15) is 0 Å². The normalized spacial score (nSPS) is 12.5. The maximum absolute atomic E-state index is 10.9. The van der Waals surface area contributed by atoms with E-state index >= 15 is 0 Å². The monoisotopic (exact) mass is 598 g/mol. The second kappa shape index (κ2) is 12.3. The van der Waals surface area contributed by atoms with Gasteiger partial charge in [-0.05, 0) is 12.1 Å². The topological polar surface area (TPSA) is 102 Å². The Kier molecular flexibility index (Phi) is 14.1. The third-order valence-corrected chi connectivity index (χ3v) is 1.44. The van der Waals surface area contributed by atoms with Crippen molar-refractivity contribution < 1.29 is 37.4 Å². The van der Waals surface area contributed by atoms with E-state index in [-0.39, 0.29) is 0 Å². The summed E-state index contributed by atoms with van der Waals surface area (Å²) >= 11 is 5.30. The Morgan fingerprint density at radius 1 is 1.39 bits per heavy atom. The molecule has 1 atom stereocenters. The molecule has 106 valence electrons. The third kappa shape index (κ3) is 9.23. The number of rotatable bonds is 4. The molecule has 0 aromatic heterocycles. The second-order valence-electron chi connectivity index (χ2n) is 2.62. The van der Waals surface area contributed by atoms with E-state index in [0.29, 0.717) is 13.3 Å². The summed E-state index contributed by atoms with van der Waals surface area (Å²) in [5, 5.41) is 11.6. The van der Waals surface area contributed by atoms with E-state index in [1.807, 2.05) is 0 Å². The summed E-state index contributed by atoms with van der Waals surface area (Å²) in [4.78, 5) is 31.7. The first-order valence-electron chi connectivity index (χ1n) is 4.24. The predicted molar refractivity (Wildman–Crippen MR) is 76.7 cm³/mol.